The van der Waals surface area contributed by atoms with Crippen molar-refractivity contribution in [2.75, 3.05) is 37.7 Å². The van der Waals surface area contributed by atoms with Crippen molar-refractivity contribution in [3.63, 3.8) is 0 Å². The largest absolute Gasteiger partial charge is 0.492 e. The maximum atomic E-state index is 9.07. The van der Waals surface area contributed by atoms with Crippen LogP contribution in [0, 0.1) is 0 Å². The maximum Gasteiger partial charge on any atom is 0.488 e. The van der Waals surface area contributed by atoms with Crippen LogP contribution in [0.2, 0.25) is 0 Å². The van der Waals surface area contributed by atoms with Gasteiger partial charge in [-0.2, -0.15) is 11.8 Å². The lowest BCUT2D eigenvalue weighted by atomic mass is 9.80. The summed E-state index contributed by atoms with van der Waals surface area (Å²) in [5.74, 6) is 3.09. The Bertz CT molecular complexity index is 372. The van der Waals surface area contributed by atoms with E-state index in [9.17, 15) is 0 Å². The molecule has 0 atom stereocenters. The monoisotopic (exact) mass is 267 g/mol. The average molecular weight is 267 g/mol. The zero-order chi connectivity index (χ0) is 12.8. The zero-order valence-electron chi connectivity index (χ0n) is 10.3. The summed E-state index contributed by atoms with van der Waals surface area (Å²) >= 11 is 2.00. The van der Waals surface area contributed by atoms with Gasteiger partial charge in [-0.05, 0) is 17.6 Å². The van der Waals surface area contributed by atoms with E-state index < -0.39 is 7.12 Å². The van der Waals surface area contributed by atoms with E-state index in [0.717, 1.165) is 19.6 Å². The minimum absolute atomic E-state index is 0.460. The number of benzene rings is 1. The van der Waals surface area contributed by atoms with Crippen molar-refractivity contribution < 1.29 is 14.8 Å². The quantitative estimate of drug-likeness (QED) is 0.723. The normalized spacial score (nSPS) is 16.6. The van der Waals surface area contributed by atoms with E-state index in [0.29, 0.717) is 17.8 Å². The van der Waals surface area contributed by atoms with Crippen LogP contribution in [0.15, 0.2) is 24.3 Å². The van der Waals surface area contributed by atoms with Crippen molar-refractivity contribution in [3.8, 4) is 5.75 Å². The van der Waals surface area contributed by atoms with Gasteiger partial charge in [0.25, 0.3) is 0 Å². The van der Waals surface area contributed by atoms with Crippen LogP contribution in [0.25, 0.3) is 0 Å². The first-order valence-electron chi connectivity index (χ1n) is 6.15. The molecule has 0 spiro atoms. The Hall–Kier alpha value is -0.685. The summed E-state index contributed by atoms with van der Waals surface area (Å²) in [5.41, 5.74) is 0.460. The second-order valence-corrected chi connectivity index (χ2v) is 5.47. The molecule has 18 heavy (non-hydrogen) atoms. The molecular formula is C12H18BNO3S. The lowest BCUT2D eigenvalue weighted by Gasteiger charge is -2.25. The van der Waals surface area contributed by atoms with Crippen LogP contribution in [0.4, 0.5) is 0 Å². The predicted molar refractivity (Wildman–Crippen MR) is 75.5 cm³/mol. The molecule has 2 N–H and O–H groups in total. The third-order valence-corrected chi connectivity index (χ3v) is 3.88. The topological polar surface area (TPSA) is 52.9 Å². The first-order valence-corrected chi connectivity index (χ1v) is 7.30. The molecule has 6 heteroatoms. The van der Waals surface area contributed by atoms with Gasteiger partial charge >= 0.3 is 7.12 Å². The highest BCUT2D eigenvalue weighted by Crippen LogP contribution is 2.10. The second-order valence-electron chi connectivity index (χ2n) is 4.25. The number of ether oxygens (including phenoxy) is 1. The molecular weight excluding hydrogens is 249 g/mol. The Morgan fingerprint density at radius 1 is 1.28 bits per heavy atom. The SMILES string of the molecule is OB(O)c1cccc(OCCN2CCSCC2)c1. The van der Waals surface area contributed by atoms with E-state index in [2.05, 4.69) is 4.90 Å². The van der Waals surface area contributed by atoms with Crippen molar-refractivity contribution >= 4 is 24.3 Å². The van der Waals surface area contributed by atoms with Crippen molar-refractivity contribution in [1.29, 1.82) is 0 Å². The van der Waals surface area contributed by atoms with Crippen molar-refractivity contribution in [2.24, 2.45) is 0 Å². The smallest absolute Gasteiger partial charge is 0.488 e. The van der Waals surface area contributed by atoms with Gasteiger partial charge in [0.1, 0.15) is 12.4 Å². The van der Waals surface area contributed by atoms with Crippen LogP contribution < -0.4 is 10.2 Å². The molecule has 0 bridgehead atoms. The van der Waals surface area contributed by atoms with Crippen molar-refractivity contribution in [3.05, 3.63) is 24.3 Å². The summed E-state index contributed by atoms with van der Waals surface area (Å²) in [4.78, 5) is 2.39. The Morgan fingerprint density at radius 2 is 2.06 bits per heavy atom. The molecule has 1 saturated heterocycles. The molecule has 1 aromatic rings. The van der Waals surface area contributed by atoms with Crippen molar-refractivity contribution in [2.45, 2.75) is 0 Å². The summed E-state index contributed by atoms with van der Waals surface area (Å²) in [5, 5.41) is 18.1. The fraction of sp³-hybridized carbons (Fsp3) is 0.500. The van der Waals surface area contributed by atoms with Crippen LogP contribution in [0.5, 0.6) is 5.75 Å². The van der Waals surface area contributed by atoms with Crippen LogP contribution in [0.1, 0.15) is 0 Å². The maximum absolute atomic E-state index is 9.07. The fourth-order valence-electron chi connectivity index (χ4n) is 1.88. The van der Waals surface area contributed by atoms with E-state index in [-0.39, 0.29) is 0 Å². The molecule has 0 radical (unpaired) electrons. The van der Waals surface area contributed by atoms with Crippen molar-refractivity contribution in [1.82, 2.24) is 4.90 Å². The third-order valence-electron chi connectivity index (χ3n) is 2.94. The number of hydrogen-bond acceptors (Lipinski definition) is 5. The lowest BCUT2D eigenvalue weighted by molar-refractivity contribution is 0.222. The second kappa shape index (κ2) is 7.04. The highest BCUT2D eigenvalue weighted by molar-refractivity contribution is 7.99. The average Bonchev–Trinajstić information content (AvgIpc) is 2.40. The summed E-state index contributed by atoms with van der Waals surface area (Å²) < 4.78 is 5.63. The molecule has 0 unspecified atom stereocenters. The molecule has 1 aliphatic heterocycles. The number of nitrogens with zero attached hydrogens (tertiary/aromatic N) is 1. The van der Waals surface area contributed by atoms with Crippen LogP contribution in [0.3, 0.4) is 0 Å². The van der Waals surface area contributed by atoms with Gasteiger partial charge in [0.15, 0.2) is 0 Å². The Kier molecular flexibility index (Phi) is 5.37. The molecule has 1 aromatic carbocycles. The molecule has 0 aliphatic carbocycles. The Balaban J connectivity index is 1.77. The van der Waals surface area contributed by atoms with E-state index in [1.165, 1.54) is 11.5 Å². The highest BCUT2D eigenvalue weighted by Gasteiger charge is 2.12. The van der Waals surface area contributed by atoms with Gasteiger partial charge in [-0.1, -0.05) is 12.1 Å². The molecule has 0 aromatic heterocycles. The summed E-state index contributed by atoms with van der Waals surface area (Å²) in [6.45, 7) is 3.81. The van der Waals surface area contributed by atoms with Gasteiger partial charge < -0.3 is 14.8 Å². The van der Waals surface area contributed by atoms with Crippen LogP contribution >= 0.6 is 11.8 Å². The first-order chi connectivity index (χ1) is 8.75. The Morgan fingerprint density at radius 3 is 2.78 bits per heavy atom. The minimum atomic E-state index is -1.44. The minimum Gasteiger partial charge on any atom is -0.492 e. The van der Waals surface area contributed by atoms with Gasteiger partial charge in [-0.25, -0.2) is 0 Å². The third kappa shape index (κ3) is 4.21. The fourth-order valence-corrected chi connectivity index (χ4v) is 2.86. The summed E-state index contributed by atoms with van der Waals surface area (Å²) in [6.07, 6.45) is 0. The summed E-state index contributed by atoms with van der Waals surface area (Å²) in [7, 11) is -1.44. The van der Waals surface area contributed by atoms with E-state index in [1.54, 1.807) is 18.2 Å². The molecule has 0 amide bonds. The predicted octanol–water partition coefficient (Wildman–Crippen LogP) is -0.206. The van der Waals surface area contributed by atoms with Crippen LogP contribution in [-0.4, -0.2) is 59.8 Å². The number of thioether (sulfide) groups is 1. The molecule has 1 aliphatic rings. The van der Waals surface area contributed by atoms with E-state index in [1.807, 2.05) is 17.8 Å². The molecule has 98 valence electrons. The number of hydrogen-bond donors (Lipinski definition) is 2. The Labute approximate surface area is 112 Å². The number of rotatable bonds is 5. The van der Waals surface area contributed by atoms with E-state index in [4.69, 9.17) is 14.8 Å². The van der Waals surface area contributed by atoms with Gasteiger partial charge in [0.2, 0.25) is 0 Å². The standard InChI is InChI=1S/C12H18BNO3S/c15-13(16)11-2-1-3-12(10-11)17-7-4-14-5-8-18-9-6-14/h1-3,10,15-16H,4-9H2. The molecule has 0 saturated carbocycles. The van der Waals surface area contributed by atoms with Gasteiger partial charge in [-0.3, -0.25) is 4.90 Å². The molecule has 1 fully saturated rings. The zero-order valence-corrected chi connectivity index (χ0v) is 11.1. The molecule has 4 nitrogen and oxygen atoms in total. The highest BCUT2D eigenvalue weighted by atomic mass is 32.2. The van der Waals surface area contributed by atoms with Gasteiger partial charge in [-0.15, -0.1) is 0 Å². The van der Waals surface area contributed by atoms with Gasteiger partial charge in [0, 0.05) is 31.1 Å². The van der Waals surface area contributed by atoms with E-state index >= 15 is 0 Å². The molecule has 2 rings (SSSR count). The summed E-state index contributed by atoms with van der Waals surface area (Å²) in [6, 6.07) is 6.93. The molecule has 1 heterocycles. The lowest BCUT2D eigenvalue weighted by Crippen LogP contribution is -2.35. The van der Waals surface area contributed by atoms with Gasteiger partial charge in [0.05, 0.1) is 0 Å². The van der Waals surface area contributed by atoms with Crippen LogP contribution in [-0.2, 0) is 0 Å². The first kappa shape index (κ1) is 13.7.